The van der Waals surface area contributed by atoms with Gasteiger partial charge in [-0.1, -0.05) is 0 Å². The minimum absolute atomic E-state index is 0.150. The highest BCUT2D eigenvalue weighted by atomic mass is 32.2. The van der Waals surface area contributed by atoms with Gasteiger partial charge < -0.3 is 0 Å². The predicted molar refractivity (Wildman–Crippen MR) is 43.5 cm³/mol. The summed E-state index contributed by atoms with van der Waals surface area (Å²) in [5.41, 5.74) is 0. The summed E-state index contributed by atoms with van der Waals surface area (Å²) in [4.78, 5) is 0. The van der Waals surface area contributed by atoms with E-state index >= 15 is 0 Å². The third-order valence-corrected chi connectivity index (χ3v) is 3.36. The van der Waals surface area contributed by atoms with Crippen LogP contribution in [0.3, 0.4) is 0 Å². The van der Waals surface area contributed by atoms with Gasteiger partial charge in [-0.3, -0.25) is 0 Å². The fourth-order valence-electron chi connectivity index (χ4n) is 1.44. The average Bonchev–Trinajstić information content (AvgIpc) is 2.01. The van der Waals surface area contributed by atoms with Crippen molar-refractivity contribution < 1.29 is 21.6 Å². The highest BCUT2D eigenvalue weighted by molar-refractivity contribution is 7.86. The van der Waals surface area contributed by atoms with Crippen LogP contribution in [0.5, 0.6) is 0 Å². The summed E-state index contributed by atoms with van der Waals surface area (Å²) in [6, 6.07) is 0. The third-order valence-electron chi connectivity index (χ3n) is 2.28. The fourth-order valence-corrected chi connectivity index (χ4v) is 2.16. The lowest BCUT2D eigenvalue weighted by Gasteiger charge is -2.30. The van der Waals surface area contributed by atoms with Crippen molar-refractivity contribution in [3.63, 3.8) is 0 Å². The van der Waals surface area contributed by atoms with Gasteiger partial charge in [0.15, 0.2) is 0 Å². The molecule has 0 spiro atoms. The van der Waals surface area contributed by atoms with Crippen LogP contribution in [0.15, 0.2) is 0 Å². The van der Waals surface area contributed by atoms with Crippen LogP contribution < -0.4 is 5.14 Å². The van der Waals surface area contributed by atoms with Crippen molar-refractivity contribution in [1.29, 1.82) is 0 Å². The maximum absolute atomic E-state index is 12.2. The number of hydrogen-bond acceptors (Lipinski definition) is 2. The minimum atomic E-state index is -4.23. The van der Waals surface area contributed by atoms with E-state index in [1.807, 2.05) is 0 Å². The lowest BCUT2D eigenvalue weighted by Crippen LogP contribution is -2.44. The molecule has 0 saturated carbocycles. The van der Waals surface area contributed by atoms with Crippen LogP contribution in [0.25, 0.3) is 0 Å². The maximum Gasteiger partial charge on any atom is 0.391 e. The number of nitrogens with zero attached hydrogens (tertiary/aromatic N) is 1. The second-order valence-corrected chi connectivity index (χ2v) is 4.81. The van der Waals surface area contributed by atoms with Crippen LogP contribution in [0, 0.1) is 5.92 Å². The van der Waals surface area contributed by atoms with Crippen molar-refractivity contribution >= 4 is 10.2 Å². The molecule has 0 atom stereocenters. The molecule has 8 heteroatoms. The first-order valence-corrected chi connectivity index (χ1v) is 5.56. The van der Waals surface area contributed by atoms with E-state index in [9.17, 15) is 21.6 Å². The van der Waals surface area contributed by atoms with Gasteiger partial charge in [0, 0.05) is 13.1 Å². The minimum Gasteiger partial charge on any atom is -0.216 e. The van der Waals surface area contributed by atoms with Gasteiger partial charge in [-0.15, -0.1) is 0 Å². The van der Waals surface area contributed by atoms with E-state index in [0.29, 0.717) is 0 Å². The van der Waals surface area contributed by atoms with Crippen molar-refractivity contribution in [3.05, 3.63) is 0 Å². The molecular weight excluding hydrogens is 221 g/mol. The molecule has 0 aromatic heterocycles. The molecule has 0 amide bonds. The van der Waals surface area contributed by atoms with Gasteiger partial charge in [0.25, 0.3) is 10.2 Å². The van der Waals surface area contributed by atoms with Crippen LogP contribution >= 0.6 is 0 Å². The molecule has 2 N–H and O–H groups in total. The van der Waals surface area contributed by atoms with Crippen LogP contribution in [-0.4, -0.2) is 32.0 Å². The Labute approximate surface area is 80.1 Å². The smallest absolute Gasteiger partial charge is 0.216 e. The van der Waals surface area contributed by atoms with Crippen LogP contribution in [0.4, 0.5) is 13.2 Å². The molecule has 84 valence electrons. The molecule has 1 aliphatic heterocycles. The Balaban J connectivity index is 2.56. The molecule has 0 bridgehead atoms. The van der Waals surface area contributed by atoms with Crippen molar-refractivity contribution in [2.75, 3.05) is 13.1 Å². The molecule has 0 aliphatic carbocycles. The summed E-state index contributed by atoms with van der Waals surface area (Å²) in [6.07, 6.45) is -4.65. The van der Waals surface area contributed by atoms with Gasteiger partial charge in [0.2, 0.25) is 0 Å². The summed E-state index contributed by atoms with van der Waals surface area (Å²) >= 11 is 0. The Kier molecular flexibility index (Phi) is 3.07. The summed E-state index contributed by atoms with van der Waals surface area (Å²) in [7, 11) is -3.83. The highest BCUT2D eigenvalue weighted by Gasteiger charge is 2.42. The van der Waals surface area contributed by atoms with Crippen molar-refractivity contribution in [1.82, 2.24) is 4.31 Å². The lowest BCUT2D eigenvalue weighted by atomic mass is 9.98. The van der Waals surface area contributed by atoms with Crippen molar-refractivity contribution in [3.8, 4) is 0 Å². The third kappa shape index (κ3) is 2.82. The summed E-state index contributed by atoms with van der Waals surface area (Å²) < 4.78 is 58.9. The second-order valence-electron chi connectivity index (χ2n) is 3.26. The Morgan fingerprint density at radius 1 is 1.21 bits per heavy atom. The van der Waals surface area contributed by atoms with E-state index in [1.54, 1.807) is 0 Å². The van der Waals surface area contributed by atoms with Gasteiger partial charge in [-0.2, -0.15) is 25.9 Å². The Morgan fingerprint density at radius 2 is 1.64 bits per heavy atom. The van der Waals surface area contributed by atoms with Crippen molar-refractivity contribution in [2.24, 2.45) is 11.1 Å². The number of rotatable bonds is 1. The topological polar surface area (TPSA) is 63.4 Å². The zero-order valence-corrected chi connectivity index (χ0v) is 8.11. The molecule has 1 rings (SSSR count). The van der Waals surface area contributed by atoms with E-state index < -0.39 is 22.3 Å². The molecular formula is C6H11F3N2O2S. The van der Waals surface area contributed by atoms with E-state index in [4.69, 9.17) is 5.14 Å². The largest absolute Gasteiger partial charge is 0.391 e. The van der Waals surface area contributed by atoms with E-state index in [1.165, 1.54) is 0 Å². The average molecular weight is 232 g/mol. The van der Waals surface area contributed by atoms with Gasteiger partial charge in [0.05, 0.1) is 5.92 Å². The number of alkyl halides is 3. The first kappa shape index (κ1) is 11.7. The normalized spacial score (nSPS) is 22.6. The molecule has 0 unspecified atom stereocenters. The predicted octanol–water partition coefficient (Wildman–Crippen LogP) is 0.464. The first-order valence-electron chi connectivity index (χ1n) is 4.06. The Hall–Kier alpha value is -0.340. The quantitative estimate of drug-likeness (QED) is 0.714. The van der Waals surface area contributed by atoms with E-state index in [0.717, 1.165) is 4.31 Å². The van der Waals surface area contributed by atoms with E-state index in [-0.39, 0.29) is 25.9 Å². The van der Waals surface area contributed by atoms with Gasteiger partial charge in [-0.25, -0.2) is 5.14 Å². The molecule has 1 saturated heterocycles. The molecule has 1 heterocycles. The SMILES string of the molecule is NS(=O)(=O)N1CCC(C(F)(F)F)CC1. The molecule has 4 nitrogen and oxygen atoms in total. The zero-order chi connectivity index (χ0) is 11.0. The second kappa shape index (κ2) is 3.67. The first-order chi connectivity index (χ1) is 6.21. The van der Waals surface area contributed by atoms with Gasteiger partial charge in [0.1, 0.15) is 0 Å². The molecule has 0 aromatic rings. The highest BCUT2D eigenvalue weighted by Crippen LogP contribution is 2.34. The maximum atomic E-state index is 12.2. The van der Waals surface area contributed by atoms with Crippen LogP contribution in [-0.2, 0) is 10.2 Å². The lowest BCUT2D eigenvalue weighted by molar-refractivity contribution is -0.182. The summed E-state index contributed by atoms with van der Waals surface area (Å²) in [5.74, 6) is -1.40. The number of piperidine rings is 1. The van der Waals surface area contributed by atoms with Crippen molar-refractivity contribution in [2.45, 2.75) is 19.0 Å². The zero-order valence-electron chi connectivity index (χ0n) is 7.29. The molecule has 14 heavy (non-hydrogen) atoms. The Morgan fingerprint density at radius 3 is 1.93 bits per heavy atom. The summed E-state index contributed by atoms with van der Waals surface area (Å²) in [5, 5.41) is 4.78. The van der Waals surface area contributed by atoms with Crippen LogP contribution in [0.1, 0.15) is 12.8 Å². The number of halogens is 3. The molecule has 0 radical (unpaired) electrons. The molecule has 1 aliphatic rings. The monoisotopic (exact) mass is 232 g/mol. The Bertz CT molecular complexity index is 293. The van der Waals surface area contributed by atoms with Gasteiger partial charge in [-0.05, 0) is 12.8 Å². The standard InChI is InChI=1S/C6H11F3N2O2S/c7-6(8,9)5-1-3-11(4-2-5)14(10,12)13/h5H,1-4H2,(H2,10,12,13). The molecule has 1 fully saturated rings. The van der Waals surface area contributed by atoms with Gasteiger partial charge >= 0.3 is 6.18 Å². The van der Waals surface area contributed by atoms with Crippen LogP contribution in [0.2, 0.25) is 0 Å². The molecule has 0 aromatic carbocycles. The van der Waals surface area contributed by atoms with E-state index in [2.05, 4.69) is 0 Å². The fraction of sp³-hybridized carbons (Fsp3) is 1.00. The summed E-state index contributed by atoms with van der Waals surface area (Å²) in [6.45, 7) is -0.300. The number of nitrogens with two attached hydrogens (primary N) is 1. The number of hydrogen-bond donors (Lipinski definition) is 1.